The molecule has 1 saturated carbocycles. The van der Waals surface area contributed by atoms with Crippen molar-refractivity contribution in [3.05, 3.63) is 54.0 Å². The number of benzene rings is 1. The van der Waals surface area contributed by atoms with Crippen LogP contribution in [0.4, 0.5) is 5.69 Å². The van der Waals surface area contributed by atoms with Crippen LogP contribution in [0.2, 0.25) is 0 Å². The third kappa shape index (κ3) is 3.39. The van der Waals surface area contributed by atoms with Gasteiger partial charge < -0.3 is 9.32 Å². The van der Waals surface area contributed by atoms with Gasteiger partial charge in [0.2, 0.25) is 0 Å². The Morgan fingerprint density at radius 2 is 1.79 bits per heavy atom. The van der Waals surface area contributed by atoms with Gasteiger partial charge in [-0.15, -0.1) is 0 Å². The zero-order chi connectivity index (χ0) is 19.8. The molecular weight excluding hydrogens is 344 g/mol. The molecule has 1 aliphatic carbocycles. The van der Waals surface area contributed by atoms with Crippen molar-refractivity contribution in [2.75, 3.05) is 31.1 Å². The van der Waals surface area contributed by atoms with Gasteiger partial charge in [0, 0.05) is 44.0 Å². The normalized spacial score (nSPS) is 28.4. The van der Waals surface area contributed by atoms with Gasteiger partial charge in [0.15, 0.2) is 0 Å². The zero-order valence-electron chi connectivity index (χ0n) is 18.1. The summed E-state index contributed by atoms with van der Waals surface area (Å²) in [6.07, 6.45) is 7.64. The second kappa shape index (κ2) is 7.59. The number of piperazine rings is 1. The Balaban J connectivity index is 1.54. The Morgan fingerprint density at radius 1 is 1.04 bits per heavy atom. The third-order valence-corrected chi connectivity index (χ3v) is 8.17. The molecule has 0 radical (unpaired) electrons. The molecule has 28 heavy (non-hydrogen) atoms. The molecule has 1 aromatic carbocycles. The average molecular weight is 381 g/mol. The van der Waals surface area contributed by atoms with Crippen molar-refractivity contribution in [1.29, 1.82) is 0 Å². The largest absolute Gasteiger partial charge is 0.472 e. The van der Waals surface area contributed by atoms with E-state index in [4.69, 9.17) is 4.42 Å². The van der Waals surface area contributed by atoms with Crippen LogP contribution < -0.4 is 4.90 Å². The Morgan fingerprint density at radius 3 is 2.50 bits per heavy atom. The first kappa shape index (κ1) is 19.6. The molecule has 2 atom stereocenters. The highest BCUT2D eigenvalue weighted by Gasteiger charge is 2.49. The van der Waals surface area contributed by atoms with Gasteiger partial charge in [0.05, 0.1) is 12.5 Å². The number of hydrogen-bond donors (Lipinski definition) is 0. The van der Waals surface area contributed by atoms with Gasteiger partial charge in [0.1, 0.15) is 0 Å². The molecule has 0 spiro atoms. The van der Waals surface area contributed by atoms with Crippen molar-refractivity contribution < 1.29 is 4.42 Å². The molecule has 2 heterocycles. The molecule has 0 amide bonds. The number of anilines is 1. The predicted molar refractivity (Wildman–Crippen MR) is 117 cm³/mol. The molecule has 3 heteroatoms. The minimum Gasteiger partial charge on any atom is -0.472 e. The predicted octanol–water partition coefficient (Wildman–Crippen LogP) is 5.71. The van der Waals surface area contributed by atoms with Crippen molar-refractivity contribution >= 4 is 5.69 Å². The van der Waals surface area contributed by atoms with Crippen LogP contribution >= 0.6 is 0 Å². The Kier molecular flexibility index (Phi) is 5.30. The number of para-hydroxylation sites is 1. The first-order valence-electron chi connectivity index (χ1n) is 11.0. The topological polar surface area (TPSA) is 19.6 Å². The van der Waals surface area contributed by atoms with E-state index in [1.54, 1.807) is 11.8 Å². The lowest BCUT2D eigenvalue weighted by Gasteiger charge is -2.53. The van der Waals surface area contributed by atoms with Gasteiger partial charge in [-0.05, 0) is 40.9 Å². The molecule has 2 fully saturated rings. The second-order valence-electron chi connectivity index (χ2n) is 9.76. The van der Waals surface area contributed by atoms with Gasteiger partial charge in [-0.1, -0.05) is 58.7 Å². The van der Waals surface area contributed by atoms with Crippen LogP contribution in [0.5, 0.6) is 0 Å². The molecule has 4 rings (SSSR count). The van der Waals surface area contributed by atoms with Gasteiger partial charge in [-0.2, -0.15) is 0 Å². The third-order valence-electron chi connectivity index (χ3n) is 8.17. The molecule has 1 aliphatic heterocycles. The monoisotopic (exact) mass is 380 g/mol. The summed E-state index contributed by atoms with van der Waals surface area (Å²) in [7, 11) is 0. The molecule has 3 nitrogen and oxygen atoms in total. The first-order valence-corrected chi connectivity index (χ1v) is 11.0. The van der Waals surface area contributed by atoms with Gasteiger partial charge in [-0.3, -0.25) is 4.90 Å². The molecule has 2 aliphatic rings. The van der Waals surface area contributed by atoms with E-state index in [9.17, 15) is 0 Å². The summed E-state index contributed by atoms with van der Waals surface area (Å²) in [5.41, 5.74) is 4.85. The lowest BCUT2D eigenvalue weighted by molar-refractivity contribution is 0.0478. The lowest BCUT2D eigenvalue weighted by Crippen LogP contribution is -2.49. The van der Waals surface area contributed by atoms with Crippen molar-refractivity contribution in [3.8, 4) is 0 Å². The van der Waals surface area contributed by atoms with Crippen LogP contribution in [-0.4, -0.2) is 31.1 Å². The minimum absolute atomic E-state index is 0.231. The van der Waals surface area contributed by atoms with Crippen LogP contribution in [0.3, 0.4) is 0 Å². The summed E-state index contributed by atoms with van der Waals surface area (Å²) >= 11 is 0. The molecule has 152 valence electrons. The first-order chi connectivity index (χ1) is 13.4. The number of furan rings is 1. The van der Waals surface area contributed by atoms with E-state index in [2.05, 4.69) is 67.8 Å². The molecule has 1 aromatic heterocycles. The van der Waals surface area contributed by atoms with Crippen LogP contribution in [0.15, 0.2) is 47.3 Å². The van der Waals surface area contributed by atoms with Crippen molar-refractivity contribution in [1.82, 2.24) is 4.90 Å². The number of nitrogens with zero attached hydrogens (tertiary/aromatic N) is 2. The summed E-state index contributed by atoms with van der Waals surface area (Å²) in [5, 5.41) is 0. The highest BCUT2D eigenvalue weighted by Crippen LogP contribution is 2.56. The van der Waals surface area contributed by atoms with Crippen LogP contribution in [-0.2, 0) is 12.0 Å². The van der Waals surface area contributed by atoms with E-state index in [1.807, 2.05) is 6.26 Å². The Hall–Kier alpha value is -1.74. The fourth-order valence-corrected chi connectivity index (χ4v) is 5.47. The minimum atomic E-state index is 0.231. The van der Waals surface area contributed by atoms with Crippen molar-refractivity contribution in [2.24, 2.45) is 11.3 Å². The van der Waals surface area contributed by atoms with Gasteiger partial charge in [0.25, 0.3) is 0 Å². The zero-order valence-corrected chi connectivity index (χ0v) is 18.1. The summed E-state index contributed by atoms with van der Waals surface area (Å²) in [4.78, 5) is 5.17. The molecule has 1 saturated heterocycles. The van der Waals surface area contributed by atoms with Gasteiger partial charge >= 0.3 is 0 Å². The SMILES string of the molecule is CC1CCCC(C)(c2ccccc2N2CCN(Cc3ccoc3)CC2)C1(C)C. The van der Waals surface area contributed by atoms with E-state index in [-0.39, 0.29) is 5.41 Å². The van der Waals surface area contributed by atoms with E-state index in [1.165, 1.54) is 30.5 Å². The van der Waals surface area contributed by atoms with E-state index in [0.29, 0.717) is 5.41 Å². The average Bonchev–Trinajstić information content (AvgIpc) is 3.20. The fourth-order valence-electron chi connectivity index (χ4n) is 5.47. The second-order valence-corrected chi connectivity index (χ2v) is 9.76. The van der Waals surface area contributed by atoms with E-state index >= 15 is 0 Å². The van der Waals surface area contributed by atoms with Crippen molar-refractivity contribution in [2.45, 2.75) is 58.9 Å². The van der Waals surface area contributed by atoms with Crippen LogP contribution in [0.1, 0.15) is 58.1 Å². The number of hydrogen-bond acceptors (Lipinski definition) is 3. The maximum Gasteiger partial charge on any atom is 0.0947 e. The fraction of sp³-hybridized carbons (Fsp3) is 0.600. The highest BCUT2D eigenvalue weighted by atomic mass is 16.3. The maximum atomic E-state index is 5.23. The van der Waals surface area contributed by atoms with E-state index < -0.39 is 0 Å². The molecule has 2 aromatic rings. The standard InChI is InChI=1S/C25H36N2O/c1-20-8-7-12-25(4,24(20,2)3)22-9-5-6-10-23(22)27-15-13-26(14-16-27)18-21-11-17-28-19-21/h5-6,9-11,17,19-20H,7-8,12-16,18H2,1-4H3. The van der Waals surface area contributed by atoms with E-state index in [0.717, 1.165) is 38.6 Å². The van der Waals surface area contributed by atoms with Crippen LogP contribution in [0, 0.1) is 11.3 Å². The summed E-state index contributed by atoms with van der Waals surface area (Å²) in [6.45, 7) is 15.4. The summed E-state index contributed by atoms with van der Waals surface area (Å²) < 4.78 is 5.23. The lowest BCUT2D eigenvalue weighted by atomic mass is 9.52. The smallest absolute Gasteiger partial charge is 0.0947 e. The molecule has 2 unspecified atom stereocenters. The van der Waals surface area contributed by atoms with Crippen molar-refractivity contribution in [3.63, 3.8) is 0 Å². The van der Waals surface area contributed by atoms with Gasteiger partial charge in [-0.25, -0.2) is 0 Å². The molecular formula is C25H36N2O. The number of rotatable bonds is 4. The Bertz CT molecular complexity index is 774. The van der Waals surface area contributed by atoms with Crippen LogP contribution in [0.25, 0.3) is 0 Å². The molecule has 0 bridgehead atoms. The Labute approximate surface area is 170 Å². The molecule has 0 N–H and O–H groups in total. The summed E-state index contributed by atoms with van der Waals surface area (Å²) in [5.74, 6) is 0.756. The highest BCUT2D eigenvalue weighted by molar-refractivity contribution is 5.58. The summed E-state index contributed by atoms with van der Waals surface area (Å²) in [6, 6.07) is 11.3. The quantitative estimate of drug-likeness (QED) is 0.678. The maximum absolute atomic E-state index is 5.23.